The van der Waals surface area contributed by atoms with Crippen LogP contribution in [-0.2, 0) is 19.6 Å². The lowest BCUT2D eigenvalue weighted by Gasteiger charge is -2.35. The van der Waals surface area contributed by atoms with Crippen molar-refractivity contribution in [1.82, 2.24) is 9.21 Å². The quantitative estimate of drug-likeness (QED) is 0.674. The molecular weight excluding hydrogens is 442 g/mol. The van der Waals surface area contributed by atoms with Crippen molar-refractivity contribution in [3.05, 3.63) is 18.2 Å². The Morgan fingerprint density at radius 2 is 1.79 bits per heavy atom. The van der Waals surface area contributed by atoms with Crippen LogP contribution in [0, 0.1) is 11.3 Å². The largest absolute Gasteiger partial charge is 0.492 e. The Morgan fingerprint density at radius 1 is 1.09 bits per heavy atom. The average Bonchev–Trinajstić information content (AvgIpc) is 2.79. The number of carbonyl (C=O) groups excluding carboxylic acids is 2. The molecule has 9 heteroatoms. The van der Waals surface area contributed by atoms with Gasteiger partial charge in [0.2, 0.25) is 21.8 Å². The molecule has 2 amide bonds. The number of sulfonamides is 1. The highest BCUT2D eigenvalue weighted by Crippen LogP contribution is 2.32. The molecule has 8 nitrogen and oxygen atoms in total. The summed E-state index contributed by atoms with van der Waals surface area (Å²) in [5, 5.41) is 2.88. The fourth-order valence-corrected chi connectivity index (χ4v) is 6.07. The number of nitrogens with zero attached hydrogens (tertiary/aromatic N) is 2. The molecular formula is C24H37N3O5S. The Balaban J connectivity index is 1.79. The van der Waals surface area contributed by atoms with Crippen LogP contribution in [-0.4, -0.2) is 62.2 Å². The predicted octanol–water partition coefficient (Wildman–Crippen LogP) is 3.48. The molecule has 1 unspecified atom stereocenters. The maximum atomic E-state index is 13.3. The molecule has 3 rings (SSSR count). The number of amides is 2. The molecule has 0 saturated carbocycles. The van der Waals surface area contributed by atoms with Crippen LogP contribution >= 0.6 is 0 Å². The molecule has 2 saturated heterocycles. The minimum Gasteiger partial charge on any atom is -0.492 e. The van der Waals surface area contributed by atoms with Crippen LogP contribution in [0.15, 0.2) is 23.1 Å². The predicted molar refractivity (Wildman–Crippen MR) is 128 cm³/mol. The van der Waals surface area contributed by atoms with E-state index in [4.69, 9.17) is 4.74 Å². The maximum absolute atomic E-state index is 13.3. The van der Waals surface area contributed by atoms with Gasteiger partial charge in [-0.15, -0.1) is 0 Å². The second kappa shape index (κ2) is 10.4. The highest BCUT2D eigenvalue weighted by Gasteiger charge is 2.34. The van der Waals surface area contributed by atoms with E-state index in [9.17, 15) is 18.0 Å². The van der Waals surface area contributed by atoms with Gasteiger partial charge in [-0.3, -0.25) is 9.59 Å². The molecule has 184 valence electrons. The topological polar surface area (TPSA) is 96.0 Å². The van der Waals surface area contributed by atoms with E-state index in [1.165, 1.54) is 10.4 Å². The zero-order valence-electron chi connectivity index (χ0n) is 20.2. The number of anilines is 1. The maximum Gasteiger partial charge on any atom is 0.246 e. The van der Waals surface area contributed by atoms with Gasteiger partial charge >= 0.3 is 0 Å². The van der Waals surface area contributed by atoms with Crippen LogP contribution in [0.4, 0.5) is 5.69 Å². The first-order chi connectivity index (χ1) is 15.5. The van der Waals surface area contributed by atoms with Gasteiger partial charge in [0.15, 0.2) is 0 Å². The number of hydrogen-bond acceptors (Lipinski definition) is 5. The van der Waals surface area contributed by atoms with E-state index in [1.54, 1.807) is 24.0 Å². The fourth-order valence-electron chi connectivity index (χ4n) is 4.40. The second-order valence-electron chi connectivity index (χ2n) is 9.89. The van der Waals surface area contributed by atoms with E-state index in [0.717, 1.165) is 25.7 Å². The van der Waals surface area contributed by atoms with E-state index in [-0.39, 0.29) is 22.6 Å². The molecule has 0 spiro atoms. The van der Waals surface area contributed by atoms with Crippen molar-refractivity contribution in [3.63, 3.8) is 0 Å². The molecule has 2 heterocycles. The molecule has 0 radical (unpaired) electrons. The monoisotopic (exact) mass is 479 g/mol. The van der Waals surface area contributed by atoms with Gasteiger partial charge in [-0.25, -0.2) is 8.42 Å². The van der Waals surface area contributed by atoms with E-state index < -0.39 is 15.4 Å². The van der Waals surface area contributed by atoms with E-state index in [0.29, 0.717) is 50.6 Å². The summed E-state index contributed by atoms with van der Waals surface area (Å²) in [4.78, 5) is 27.5. The number of carbonyl (C=O) groups is 2. The van der Waals surface area contributed by atoms with Gasteiger partial charge in [-0.2, -0.15) is 4.31 Å². The van der Waals surface area contributed by atoms with Gasteiger partial charge in [-0.1, -0.05) is 27.2 Å². The lowest BCUT2D eigenvalue weighted by molar-refractivity contribution is -0.142. The Morgan fingerprint density at radius 3 is 2.42 bits per heavy atom. The van der Waals surface area contributed by atoms with Crippen molar-refractivity contribution in [3.8, 4) is 5.75 Å². The molecule has 33 heavy (non-hydrogen) atoms. The summed E-state index contributed by atoms with van der Waals surface area (Å²) in [6, 6.07) is 4.76. The third-order valence-corrected chi connectivity index (χ3v) is 8.08. The van der Waals surface area contributed by atoms with Gasteiger partial charge in [0.05, 0.1) is 12.5 Å². The van der Waals surface area contributed by atoms with Crippen LogP contribution in [0.3, 0.4) is 0 Å². The third kappa shape index (κ3) is 6.06. The smallest absolute Gasteiger partial charge is 0.246 e. The van der Waals surface area contributed by atoms with Crippen molar-refractivity contribution < 1.29 is 22.7 Å². The molecule has 0 aromatic heterocycles. The first kappa shape index (κ1) is 25.5. The molecule has 1 aromatic rings. The number of nitrogens with one attached hydrogen (secondary N) is 1. The first-order valence-corrected chi connectivity index (χ1v) is 13.3. The molecule has 1 aromatic carbocycles. The summed E-state index contributed by atoms with van der Waals surface area (Å²) in [5.41, 5.74) is -0.0798. The van der Waals surface area contributed by atoms with Crippen molar-refractivity contribution in [2.24, 2.45) is 11.3 Å². The lowest BCUT2D eigenvalue weighted by atomic mass is 9.91. The zero-order chi connectivity index (χ0) is 24.2. The summed E-state index contributed by atoms with van der Waals surface area (Å²) in [6.07, 6.45) is 4.15. The summed E-state index contributed by atoms with van der Waals surface area (Å²) >= 11 is 0. The van der Waals surface area contributed by atoms with Crippen LogP contribution in [0.25, 0.3) is 0 Å². The van der Waals surface area contributed by atoms with Crippen molar-refractivity contribution in [1.29, 1.82) is 0 Å². The summed E-state index contributed by atoms with van der Waals surface area (Å²) in [5.74, 6) is -0.206. The Bertz CT molecular complexity index is 965. The number of ether oxygens (including phenoxy) is 1. The van der Waals surface area contributed by atoms with E-state index in [2.05, 4.69) is 5.32 Å². The van der Waals surface area contributed by atoms with Crippen LogP contribution in [0.1, 0.15) is 59.8 Å². The molecule has 2 aliphatic rings. The minimum atomic E-state index is -3.73. The summed E-state index contributed by atoms with van der Waals surface area (Å²) in [6.45, 7) is 9.79. The number of rotatable bonds is 6. The third-order valence-electron chi connectivity index (χ3n) is 6.16. The molecule has 2 fully saturated rings. The van der Waals surface area contributed by atoms with Crippen molar-refractivity contribution in [2.45, 2.75) is 64.7 Å². The van der Waals surface area contributed by atoms with Crippen molar-refractivity contribution >= 4 is 27.5 Å². The van der Waals surface area contributed by atoms with Gasteiger partial charge in [0, 0.05) is 37.3 Å². The molecule has 1 atom stereocenters. The number of piperidine rings is 2. The van der Waals surface area contributed by atoms with Crippen LogP contribution in [0.2, 0.25) is 0 Å². The van der Waals surface area contributed by atoms with E-state index in [1.807, 2.05) is 20.8 Å². The Labute approximate surface area is 197 Å². The summed E-state index contributed by atoms with van der Waals surface area (Å²) in [7, 11) is -3.73. The number of hydrogen-bond donors (Lipinski definition) is 1. The lowest BCUT2D eigenvalue weighted by Crippen LogP contribution is -2.47. The molecule has 2 aliphatic heterocycles. The molecule has 0 bridgehead atoms. The highest BCUT2D eigenvalue weighted by molar-refractivity contribution is 7.89. The van der Waals surface area contributed by atoms with Gasteiger partial charge in [-0.05, 0) is 50.8 Å². The Hall–Kier alpha value is -2.13. The van der Waals surface area contributed by atoms with Crippen LogP contribution in [0.5, 0.6) is 5.75 Å². The van der Waals surface area contributed by atoms with Crippen LogP contribution < -0.4 is 10.1 Å². The minimum absolute atomic E-state index is 0.0379. The highest BCUT2D eigenvalue weighted by atomic mass is 32.2. The molecule has 1 N–H and O–H groups in total. The standard InChI is InChI=1S/C24H37N3O5S/c1-5-32-20-12-11-19(16-21(20)33(30,31)27-14-7-6-8-15-27)25-22(28)18-10-9-13-26(17-18)23(29)24(2,3)4/h11-12,16,18H,5-10,13-15,17H2,1-4H3,(H,25,28). The fraction of sp³-hybridized carbons (Fsp3) is 0.667. The van der Waals surface area contributed by atoms with Crippen molar-refractivity contribution in [2.75, 3.05) is 38.1 Å². The average molecular weight is 480 g/mol. The van der Waals surface area contributed by atoms with Gasteiger partial charge < -0.3 is 15.0 Å². The van der Waals surface area contributed by atoms with Gasteiger partial charge in [0.25, 0.3) is 0 Å². The number of likely N-dealkylation sites (tertiary alicyclic amines) is 1. The molecule has 0 aliphatic carbocycles. The summed E-state index contributed by atoms with van der Waals surface area (Å²) < 4.78 is 33.7. The zero-order valence-corrected chi connectivity index (χ0v) is 21.0. The second-order valence-corrected chi connectivity index (χ2v) is 11.8. The van der Waals surface area contributed by atoms with Gasteiger partial charge in [0.1, 0.15) is 10.6 Å². The number of benzene rings is 1. The normalized spacial score (nSPS) is 20.4. The SMILES string of the molecule is CCOc1ccc(NC(=O)C2CCCN(C(=O)C(C)(C)C)C2)cc1S(=O)(=O)N1CCCCC1. The first-order valence-electron chi connectivity index (χ1n) is 11.9. The van der Waals surface area contributed by atoms with E-state index >= 15 is 0 Å². The Kier molecular flexibility index (Phi) is 8.05.